The van der Waals surface area contributed by atoms with Gasteiger partial charge in [-0.1, -0.05) is 35.9 Å². The SMILES string of the molecule is O=C(c1cccc(Cl)c1)c1ccccc1OC1CCC(C(=O)O)C1. The van der Waals surface area contributed by atoms with E-state index >= 15 is 0 Å². The van der Waals surface area contributed by atoms with Crippen LogP contribution in [0.1, 0.15) is 35.2 Å². The molecule has 1 saturated carbocycles. The first-order valence-corrected chi connectivity index (χ1v) is 8.21. The van der Waals surface area contributed by atoms with Gasteiger partial charge in [0.05, 0.1) is 17.6 Å². The van der Waals surface area contributed by atoms with Crippen molar-refractivity contribution < 1.29 is 19.4 Å². The first-order chi connectivity index (χ1) is 11.5. The summed E-state index contributed by atoms with van der Waals surface area (Å²) in [7, 11) is 0. The number of carbonyl (C=O) groups is 2. The second kappa shape index (κ2) is 7.05. The van der Waals surface area contributed by atoms with Crippen molar-refractivity contribution in [2.24, 2.45) is 5.92 Å². The lowest BCUT2D eigenvalue weighted by molar-refractivity contribution is -0.141. The first-order valence-electron chi connectivity index (χ1n) is 7.83. The van der Waals surface area contributed by atoms with Gasteiger partial charge in [0.1, 0.15) is 5.75 Å². The summed E-state index contributed by atoms with van der Waals surface area (Å²) in [4.78, 5) is 23.8. The fraction of sp³-hybridized carbons (Fsp3) is 0.263. The summed E-state index contributed by atoms with van der Waals surface area (Å²) in [5.41, 5.74) is 0.951. The van der Waals surface area contributed by atoms with E-state index < -0.39 is 5.97 Å². The number of para-hydroxylation sites is 1. The molecule has 0 amide bonds. The van der Waals surface area contributed by atoms with Crippen molar-refractivity contribution >= 4 is 23.4 Å². The van der Waals surface area contributed by atoms with Gasteiger partial charge >= 0.3 is 5.97 Å². The van der Waals surface area contributed by atoms with E-state index in [2.05, 4.69) is 0 Å². The Labute approximate surface area is 145 Å². The number of hydrogen-bond acceptors (Lipinski definition) is 3. The highest BCUT2D eigenvalue weighted by Gasteiger charge is 2.31. The maximum atomic E-state index is 12.7. The third kappa shape index (κ3) is 3.60. The molecule has 0 radical (unpaired) electrons. The van der Waals surface area contributed by atoms with Crippen LogP contribution in [0, 0.1) is 5.92 Å². The van der Waals surface area contributed by atoms with Crippen LogP contribution in [0.5, 0.6) is 5.75 Å². The fourth-order valence-corrected chi connectivity index (χ4v) is 3.18. The highest BCUT2D eigenvalue weighted by molar-refractivity contribution is 6.31. The average Bonchev–Trinajstić information content (AvgIpc) is 3.04. The molecule has 0 aromatic heterocycles. The number of ketones is 1. The Morgan fingerprint density at radius 1 is 1.08 bits per heavy atom. The van der Waals surface area contributed by atoms with Crippen molar-refractivity contribution in [3.63, 3.8) is 0 Å². The minimum atomic E-state index is -0.788. The van der Waals surface area contributed by atoms with Crippen molar-refractivity contribution in [2.45, 2.75) is 25.4 Å². The van der Waals surface area contributed by atoms with Crippen molar-refractivity contribution in [3.05, 3.63) is 64.7 Å². The number of halogens is 1. The second-order valence-corrected chi connectivity index (χ2v) is 6.36. The van der Waals surface area contributed by atoms with Gasteiger partial charge in [0.2, 0.25) is 0 Å². The molecule has 0 saturated heterocycles. The molecule has 1 fully saturated rings. The highest BCUT2D eigenvalue weighted by atomic mass is 35.5. The molecule has 3 rings (SSSR count). The zero-order chi connectivity index (χ0) is 17.1. The van der Waals surface area contributed by atoms with Crippen LogP contribution in [0.3, 0.4) is 0 Å². The molecular formula is C19H17ClO4. The molecule has 1 N–H and O–H groups in total. The molecule has 0 heterocycles. The first kappa shape index (κ1) is 16.5. The van der Waals surface area contributed by atoms with Gasteiger partial charge in [-0.15, -0.1) is 0 Å². The molecular weight excluding hydrogens is 328 g/mol. The summed E-state index contributed by atoms with van der Waals surface area (Å²) in [5.74, 6) is -0.838. The summed E-state index contributed by atoms with van der Waals surface area (Å²) in [6, 6.07) is 13.8. The van der Waals surface area contributed by atoms with Crippen LogP contribution in [-0.2, 0) is 4.79 Å². The minimum absolute atomic E-state index is 0.166. The van der Waals surface area contributed by atoms with E-state index in [0.717, 1.165) is 0 Å². The fourth-order valence-electron chi connectivity index (χ4n) is 2.99. The summed E-state index contributed by atoms with van der Waals surface area (Å²) in [5, 5.41) is 9.59. The third-order valence-corrected chi connectivity index (χ3v) is 4.48. The molecule has 5 heteroatoms. The van der Waals surface area contributed by atoms with Crippen LogP contribution in [-0.4, -0.2) is 23.0 Å². The van der Waals surface area contributed by atoms with E-state index in [1.54, 1.807) is 48.5 Å². The summed E-state index contributed by atoms with van der Waals surface area (Å²) < 4.78 is 5.94. The largest absolute Gasteiger partial charge is 0.490 e. The van der Waals surface area contributed by atoms with E-state index in [-0.39, 0.29) is 17.8 Å². The van der Waals surface area contributed by atoms with Gasteiger partial charge in [-0.25, -0.2) is 0 Å². The van der Waals surface area contributed by atoms with Gasteiger partial charge in [0, 0.05) is 10.6 Å². The number of hydrogen-bond donors (Lipinski definition) is 1. The third-order valence-electron chi connectivity index (χ3n) is 4.25. The van der Waals surface area contributed by atoms with E-state index in [9.17, 15) is 9.59 Å². The molecule has 1 aliphatic rings. The van der Waals surface area contributed by atoms with Crippen LogP contribution in [0.4, 0.5) is 0 Å². The van der Waals surface area contributed by atoms with Gasteiger partial charge < -0.3 is 9.84 Å². The topological polar surface area (TPSA) is 63.6 Å². The molecule has 4 nitrogen and oxygen atoms in total. The summed E-state index contributed by atoms with van der Waals surface area (Å²) in [6.45, 7) is 0. The molecule has 124 valence electrons. The molecule has 2 aromatic carbocycles. The van der Waals surface area contributed by atoms with E-state index in [1.165, 1.54) is 0 Å². The van der Waals surface area contributed by atoms with E-state index in [4.69, 9.17) is 21.4 Å². The number of carboxylic acid groups (broad SMARTS) is 1. The standard InChI is InChI=1S/C19H17ClO4/c20-14-5-3-4-12(10-14)18(21)16-6-1-2-7-17(16)24-15-9-8-13(11-15)19(22)23/h1-7,10,13,15H,8-9,11H2,(H,22,23). The number of carbonyl (C=O) groups excluding carboxylic acids is 1. The van der Waals surface area contributed by atoms with Crippen LogP contribution < -0.4 is 4.74 Å². The van der Waals surface area contributed by atoms with Gasteiger partial charge in [-0.05, 0) is 43.5 Å². The monoisotopic (exact) mass is 344 g/mol. The molecule has 2 unspecified atom stereocenters. The quantitative estimate of drug-likeness (QED) is 0.825. The number of benzene rings is 2. The Morgan fingerprint density at radius 3 is 2.58 bits per heavy atom. The number of aliphatic carboxylic acids is 1. The van der Waals surface area contributed by atoms with Crippen molar-refractivity contribution in [1.29, 1.82) is 0 Å². The second-order valence-electron chi connectivity index (χ2n) is 5.92. The van der Waals surface area contributed by atoms with Crippen LogP contribution in [0.25, 0.3) is 0 Å². The zero-order valence-corrected chi connectivity index (χ0v) is 13.7. The van der Waals surface area contributed by atoms with Crippen LogP contribution >= 0.6 is 11.6 Å². The molecule has 0 aliphatic heterocycles. The molecule has 2 atom stereocenters. The van der Waals surface area contributed by atoms with Gasteiger partial charge in [-0.2, -0.15) is 0 Å². The Bertz CT molecular complexity index is 771. The minimum Gasteiger partial charge on any atom is -0.490 e. The molecule has 0 spiro atoms. The Kier molecular flexibility index (Phi) is 4.86. The number of rotatable bonds is 5. The number of carboxylic acids is 1. The maximum absolute atomic E-state index is 12.7. The van der Waals surface area contributed by atoms with E-state index in [1.807, 2.05) is 0 Å². The van der Waals surface area contributed by atoms with Crippen LogP contribution in [0.2, 0.25) is 5.02 Å². The normalized spacial score (nSPS) is 19.9. The van der Waals surface area contributed by atoms with Crippen molar-refractivity contribution in [2.75, 3.05) is 0 Å². The Morgan fingerprint density at radius 2 is 1.88 bits per heavy atom. The average molecular weight is 345 g/mol. The Balaban J connectivity index is 1.81. The summed E-state index contributed by atoms with van der Waals surface area (Å²) >= 11 is 5.96. The predicted molar refractivity (Wildman–Crippen MR) is 90.7 cm³/mol. The summed E-state index contributed by atoms with van der Waals surface area (Å²) in [6.07, 6.45) is 1.57. The van der Waals surface area contributed by atoms with Gasteiger partial charge in [0.15, 0.2) is 5.78 Å². The lowest BCUT2D eigenvalue weighted by Crippen LogP contribution is -2.17. The maximum Gasteiger partial charge on any atom is 0.306 e. The Hall–Kier alpha value is -2.33. The molecule has 2 aromatic rings. The molecule has 24 heavy (non-hydrogen) atoms. The molecule has 1 aliphatic carbocycles. The van der Waals surface area contributed by atoms with Crippen LogP contribution in [0.15, 0.2) is 48.5 Å². The smallest absolute Gasteiger partial charge is 0.306 e. The van der Waals surface area contributed by atoms with Gasteiger partial charge in [-0.3, -0.25) is 9.59 Å². The highest BCUT2D eigenvalue weighted by Crippen LogP contribution is 2.31. The van der Waals surface area contributed by atoms with E-state index in [0.29, 0.717) is 41.2 Å². The lowest BCUT2D eigenvalue weighted by Gasteiger charge is -2.16. The van der Waals surface area contributed by atoms with Crippen molar-refractivity contribution in [3.8, 4) is 5.75 Å². The van der Waals surface area contributed by atoms with Crippen molar-refractivity contribution in [1.82, 2.24) is 0 Å². The number of ether oxygens (including phenoxy) is 1. The van der Waals surface area contributed by atoms with Gasteiger partial charge in [0.25, 0.3) is 0 Å². The lowest BCUT2D eigenvalue weighted by atomic mass is 10.0. The zero-order valence-electron chi connectivity index (χ0n) is 12.9. The predicted octanol–water partition coefficient (Wildman–Crippen LogP) is 4.20. The molecule has 0 bridgehead atoms.